The van der Waals surface area contributed by atoms with Crippen LogP contribution >= 0.6 is 0 Å². The van der Waals surface area contributed by atoms with E-state index < -0.39 is 0 Å². The molecule has 1 aromatic carbocycles. The topological polar surface area (TPSA) is 3.24 Å². The average Bonchev–Trinajstić information content (AvgIpc) is 3.20. The second-order valence-corrected chi connectivity index (χ2v) is 8.51. The van der Waals surface area contributed by atoms with Crippen LogP contribution < -0.4 is 4.90 Å². The smallest absolute Gasteiger partial charge is 0.0458 e. The summed E-state index contributed by atoms with van der Waals surface area (Å²) in [5.74, 6) is 0.454. The molecule has 0 heterocycles. The molecule has 2 aliphatic rings. The minimum Gasteiger partial charge on any atom is -0.314 e. The number of anilines is 1. The fourth-order valence-electron chi connectivity index (χ4n) is 3.65. The van der Waals surface area contributed by atoms with E-state index in [1.165, 1.54) is 33.8 Å². The highest BCUT2D eigenvalue weighted by molar-refractivity contribution is 5.63. The monoisotopic (exact) mass is 421 g/mol. The van der Waals surface area contributed by atoms with Gasteiger partial charge >= 0.3 is 0 Å². The molecule has 1 aromatic rings. The van der Waals surface area contributed by atoms with Crippen molar-refractivity contribution in [3.63, 3.8) is 0 Å². The van der Waals surface area contributed by atoms with Crippen LogP contribution in [-0.2, 0) is 0 Å². The van der Waals surface area contributed by atoms with E-state index >= 15 is 0 Å². The first kappa shape index (κ1) is 23.3. The number of aryl methyl sites for hydroxylation is 1. The summed E-state index contributed by atoms with van der Waals surface area (Å²) in [6.07, 6.45) is 28.1. The first-order chi connectivity index (χ1) is 15.5. The average molecular weight is 422 g/mol. The normalized spacial score (nSPS) is 16.5. The molecule has 1 heteroatoms. The van der Waals surface area contributed by atoms with Crippen LogP contribution in [0.5, 0.6) is 0 Å². The van der Waals surface area contributed by atoms with Gasteiger partial charge in [0.25, 0.3) is 0 Å². The van der Waals surface area contributed by atoms with E-state index in [1.807, 2.05) is 0 Å². The molecule has 0 unspecified atom stereocenters. The van der Waals surface area contributed by atoms with Gasteiger partial charge in [-0.25, -0.2) is 0 Å². The molecule has 164 valence electrons. The highest BCUT2D eigenvalue weighted by atomic mass is 15.2. The van der Waals surface area contributed by atoms with Crippen molar-refractivity contribution < 1.29 is 0 Å². The maximum absolute atomic E-state index is 4.17. The zero-order chi connectivity index (χ0) is 22.9. The molecule has 0 atom stereocenters. The number of hydrogen-bond acceptors (Lipinski definition) is 1. The quantitative estimate of drug-likeness (QED) is 0.398. The van der Waals surface area contributed by atoms with Crippen molar-refractivity contribution in [2.75, 3.05) is 4.90 Å². The molecule has 0 amide bonds. The zero-order valence-electron chi connectivity index (χ0n) is 19.9. The van der Waals surface area contributed by atoms with E-state index in [0.29, 0.717) is 5.92 Å². The molecule has 0 fully saturated rings. The van der Waals surface area contributed by atoms with Crippen molar-refractivity contribution in [2.45, 2.75) is 40.5 Å². The molecule has 32 heavy (non-hydrogen) atoms. The second kappa shape index (κ2) is 11.3. The molecule has 0 bridgehead atoms. The van der Waals surface area contributed by atoms with Gasteiger partial charge in [-0.1, -0.05) is 104 Å². The molecular weight excluding hydrogens is 386 g/mol. The minimum absolute atomic E-state index is 0.454. The molecule has 0 radical (unpaired) electrons. The predicted molar refractivity (Wildman–Crippen MR) is 141 cm³/mol. The van der Waals surface area contributed by atoms with E-state index in [1.54, 1.807) is 0 Å². The van der Waals surface area contributed by atoms with E-state index in [0.717, 1.165) is 18.4 Å². The Hall–Kier alpha value is -3.32. The van der Waals surface area contributed by atoms with Gasteiger partial charge in [0.2, 0.25) is 0 Å². The van der Waals surface area contributed by atoms with Gasteiger partial charge in [0, 0.05) is 23.5 Å². The molecule has 2 aliphatic carbocycles. The van der Waals surface area contributed by atoms with Gasteiger partial charge in [0.1, 0.15) is 0 Å². The third kappa shape index (κ3) is 6.11. The second-order valence-electron chi connectivity index (χ2n) is 8.51. The van der Waals surface area contributed by atoms with Gasteiger partial charge in [0.05, 0.1) is 0 Å². The van der Waals surface area contributed by atoms with E-state index in [-0.39, 0.29) is 0 Å². The lowest BCUT2D eigenvalue weighted by Gasteiger charge is -2.28. The van der Waals surface area contributed by atoms with Crippen molar-refractivity contribution in [1.29, 1.82) is 0 Å². The van der Waals surface area contributed by atoms with Crippen molar-refractivity contribution in [3.8, 4) is 0 Å². The van der Waals surface area contributed by atoms with Crippen LogP contribution in [0.1, 0.15) is 39.2 Å². The molecule has 0 aliphatic heterocycles. The number of hydrogen-bond donors (Lipinski definition) is 0. The van der Waals surface area contributed by atoms with Crippen LogP contribution in [0.4, 0.5) is 5.69 Å². The maximum Gasteiger partial charge on any atom is 0.0458 e. The van der Waals surface area contributed by atoms with Gasteiger partial charge in [-0.15, -0.1) is 0 Å². The van der Waals surface area contributed by atoms with Crippen LogP contribution in [0.25, 0.3) is 0 Å². The summed E-state index contributed by atoms with van der Waals surface area (Å²) in [5, 5.41) is 0. The molecule has 0 saturated carbocycles. The molecule has 3 rings (SSSR count). The van der Waals surface area contributed by atoms with Crippen molar-refractivity contribution >= 4 is 5.69 Å². The molecule has 1 nitrogen and oxygen atoms in total. The Morgan fingerprint density at radius 2 is 1.78 bits per heavy atom. The summed E-state index contributed by atoms with van der Waals surface area (Å²) in [5.41, 5.74) is 8.52. The summed E-state index contributed by atoms with van der Waals surface area (Å²) in [7, 11) is 0. The first-order valence-corrected chi connectivity index (χ1v) is 11.5. The molecule has 0 N–H and O–H groups in total. The van der Waals surface area contributed by atoms with Gasteiger partial charge in [-0.2, -0.15) is 0 Å². The largest absolute Gasteiger partial charge is 0.314 e. The van der Waals surface area contributed by atoms with Crippen LogP contribution in [0, 0.1) is 12.8 Å². The summed E-state index contributed by atoms with van der Waals surface area (Å²) in [4.78, 5) is 2.37. The Labute approximate surface area is 194 Å². The van der Waals surface area contributed by atoms with Crippen LogP contribution in [0.2, 0.25) is 0 Å². The van der Waals surface area contributed by atoms with E-state index in [2.05, 4.69) is 136 Å². The number of rotatable bonds is 7. The Morgan fingerprint density at radius 1 is 1.00 bits per heavy atom. The minimum atomic E-state index is 0.454. The maximum atomic E-state index is 4.17. The van der Waals surface area contributed by atoms with Crippen molar-refractivity contribution in [3.05, 3.63) is 137 Å². The van der Waals surface area contributed by atoms with Crippen LogP contribution in [0.15, 0.2) is 132 Å². The Kier molecular flexibility index (Phi) is 8.27. The molecule has 0 spiro atoms. The van der Waals surface area contributed by atoms with Gasteiger partial charge < -0.3 is 4.90 Å². The summed E-state index contributed by atoms with van der Waals surface area (Å²) in [6.45, 7) is 12.8. The molecular formula is C31H35N. The fourth-order valence-corrected chi connectivity index (χ4v) is 3.65. The number of allylic oxidation sites excluding steroid dienone is 15. The summed E-state index contributed by atoms with van der Waals surface area (Å²) in [6, 6.07) is 8.78. The fraction of sp³-hybridized carbons (Fsp3) is 0.226. The van der Waals surface area contributed by atoms with E-state index in [4.69, 9.17) is 0 Å². The SMILES string of the molecule is C=C(/C=C\C(=C/C)C1=CCC=C(N(C2=CC=CC=CC2)c2ccc(C)cc2)C=C1)C(C)C. The highest BCUT2D eigenvalue weighted by Crippen LogP contribution is 2.31. The highest BCUT2D eigenvalue weighted by Gasteiger charge is 2.16. The third-order valence-electron chi connectivity index (χ3n) is 5.77. The van der Waals surface area contributed by atoms with Crippen LogP contribution in [-0.4, -0.2) is 0 Å². The molecule has 0 saturated heterocycles. The zero-order valence-corrected chi connectivity index (χ0v) is 19.9. The number of nitrogens with zero attached hydrogens (tertiary/aromatic N) is 1. The Balaban J connectivity index is 1.91. The lowest BCUT2D eigenvalue weighted by Crippen LogP contribution is -2.20. The Bertz CT molecular complexity index is 1060. The van der Waals surface area contributed by atoms with Crippen molar-refractivity contribution in [1.82, 2.24) is 0 Å². The lowest BCUT2D eigenvalue weighted by molar-refractivity contribution is 0.795. The summed E-state index contributed by atoms with van der Waals surface area (Å²) >= 11 is 0. The summed E-state index contributed by atoms with van der Waals surface area (Å²) < 4.78 is 0. The Morgan fingerprint density at radius 3 is 2.50 bits per heavy atom. The first-order valence-electron chi connectivity index (χ1n) is 11.5. The number of benzene rings is 1. The van der Waals surface area contributed by atoms with Crippen LogP contribution in [0.3, 0.4) is 0 Å². The standard InChI is InChI=1S/C31H35N/c1-6-27(19-18-26(5)24(2)3)28-12-11-15-30(23-20-28)32(29-13-9-7-8-10-14-29)31-21-16-25(4)17-22-31/h6-10,12-13,15-24H,5,11,14H2,1-4H3/b19-18-,27-6+. The lowest BCUT2D eigenvalue weighted by atomic mass is 10.00. The van der Waals surface area contributed by atoms with E-state index in [9.17, 15) is 0 Å². The third-order valence-corrected chi connectivity index (χ3v) is 5.77. The molecule has 0 aromatic heterocycles. The predicted octanol–water partition coefficient (Wildman–Crippen LogP) is 8.69. The van der Waals surface area contributed by atoms with Gasteiger partial charge in [-0.05, 0) is 61.6 Å². The van der Waals surface area contributed by atoms with Gasteiger partial charge in [-0.3, -0.25) is 0 Å². The van der Waals surface area contributed by atoms with Gasteiger partial charge in [0.15, 0.2) is 0 Å². The van der Waals surface area contributed by atoms with Crippen molar-refractivity contribution in [2.24, 2.45) is 5.92 Å².